The normalized spacial score (nSPS) is 10.3. The van der Waals surface area contributed by atoms with E-state index in [4.69, 9.17) is 0 Å². The van der Waals surface area contributed by atoms with Crippen molar-refractivity contribution < 1.29 is 14.1 Å². The van der Waals surface area contributed by atoms with Crippen LogP contribution in [0.2, 0.25) is 0 Å². The lowest BCUT2D eigenvalue weighted by atomic mass is 10.1. The molecule has 0 aliphatic carbocycles. The molecule has 0 fully saturated rings. The van der Waals surface area contributed by atoms with Gasteiger partial charge in [0.2, 0.25) is 0 Å². The SMILES string of the molecule is CCCCc1ccc(NC(=O)c2cc([N+](=O)[O-])ccc2F)cc1. The summed E-state index contributed by atoms with van der Waals surface area (Å²) in [6.45, 7) is 2.11. The second kappa shape index (κ2) is 7.49. The van der Waals surface area contributed by atoms with Gasteiger partial charge in [0.15, 0.2) is 0 Å². The Balaban J connectivity index is 2.12. The molecule has 0 atom stereocenters. The van der Waals surface area contributed by atoms with Gasteiger partial charge in [-0.2, -0.15) is 0 Å². The molecule has 0 saturated carbocycles. The van der Waals surface area contributed by atoms with Crippen LogP contribution in [0.25, 0.3) is 0 Å². The molecule has 0 radical (unpaired) electrons. The summed E-state index contributed by atoms with van der Waals surface area (Å²) in [5.41, 5.74) is 0.994. The van der Waals surface area contributed by atoms with Crippen LogP contribution in [0.15, 0.2) is 42.5 Å². The molecule has 0 heterocycles. The van der Waals surface area contributed by atoms with E-state index in [1.54, 1.807) is 12.1 Å². The lowest BCUT2D eigenvalue weighted by Crippen LogP contribution is -2.14. The fraction of sp³-hybridized carbons (Fsp3) is 0.235. The summed E-state index contributed by atoms with van der Waals surface area (Å²) >= 11 is 0. The summed E-state index contributed by atoms with van der Waals surface area (Å²) in [5, 5.41) is 13.3. The number of carbonyl (C=O) groups excluding carboxylic acids is 1. The third-order valence-corrected chi connectivity index (χ3v) is 3.44. The summed E-state index contributed by atoms with van der Waals surface area (Å²) in [7, 11) is 0. The highest BCUT2D eigenvalue weighted by Crippen LogP contribution is 2.19. The van der Waals surface area contributed by atoms with Crippen molar-refractivity contribution in [1.29, 1.82) is 0 Å². The number of amides is 1. The van der Waals surface area contributed by atoms with Gasteiger partial charge >= 0.3 is 0 Å². The fourth-order valence-corrected chi connectivity index (χ4v) is 2.13. The number of nitrogens with one attached hydrogen (secondary N) is 1. The van der Waals surface area contributed by atoms with Crippen LogP contribution in [0.1, 0.15) is 35.7 Å². The van der Waals surface area contributed by atoms with Gasteiger partial charge < -0.3 is 5.32 Å². The molecular weight excluding hydrogens is 299 g/mol. The van der Waals surface area contributed by atoms with Crippen LogP contribution in [-0.2, 0) is 6.42 Å². The Morgan fingerprint density at radius 3 is 2.52 bits per heavy atom. The van der Waals surface area contributed by atoms with Gasteiger partial charge in [-0.15, -0.1) is 0 Å². The van der Waals surface area contributed by atoms with Crippen LogP contribution in [0, 0.1) is 15.9 Å². The number of halogens is 1. The second-order valence-corrected chi connectivity index (χ2v) is 5.18. The number of rotatable bonds is 6. The summed E-state index contributed by atoms with van der Waals surface area (Å²) in [6.07, 6.45) is 3.15. The number of nitro benzene ring substituents is 1. The Labute approximate surface area is 133 Å². The maximum absolute atomic E-state index is 13.7. The molecule has 0 spiro atoms. The van der Waals surface area contributed by atoms with Crippen molar-refractivity contribution >= 4 is 17.3 Å². The van der Waals surface area contributed by atoms with Gasteiger partial charge in [0, 0.05) is 17.8 Å². The molecule has 120 valence electrons. The zero-order chi connectivity index (χ0) is 16.8. The summed E-state index contributed by atoms with van der Waals surface area (Å²) in [4.78, 5) is 22.1. The molecule has 0 unspecified atom stereocenters. The Bertz CT molecular complexity index is 714. The van der Waals surface area contributed by atoms with Crippen LogP contribution >= 0.6 is 0 Å². The summed E-state index contributed by atoms with van der Waals surface area (Å²) < 4.78 is 13.7. The van der Waals surface area contributed by atoms with Crippen molar-refractivity contribution in [3.63, 3.8) is 0 Å². The van der Waals surface area contributed by atoms with Gasteiger partial charge in [-0.1, -0.05) is 25.5 Å². The second-order valence-electron chi connectivity index (χ2n) is 5.18. The van der Waals surface area contributed by atoms with Crippen LogP contribution in [0.3, 0.4) is 0 Å². The highest BCUT2D eigenvalue weighted by Gasteiger charge is 2.17. The van der Waals surface area contributed by atoms with Crippen molar-refractivity contribution in [3.8, 4) is 0 Å². The molecule has 5 nitrogen and oxygen atoms in total. The van der Waals surface area contributed by atoms with Gasteiger partial charge in [0.25, 0.3) is 11.6 Å². The van der Waals surface area contributed by atoms with E-state index in [9.17, 15) is 19.3 Å². The zero-order valence-electron chi connectivity index (χ0n) is 12.7. The number of hydrogen-bond acceptors (Lipinski definition) is 3. The molecule has 0 aliphatic heterocycles. The minimum absolute atomic E-state index is 0.327. The molecule has 0 bridgehead atoms. The number of benzene rings is 2. The van der Waals surface area contributed by atoms with Crippen LogP contribution < -0.4 is 5.32 Å². The van der Waals surface area contributed by atoms with E-state index in [2.05, 4.69) is 12.2 Å². The van der Waals surface area contributed by atoms with E-state index in [-0.39, 0.29) is 11.3 Å². The first-order valence-electron chi connectivity index (χ1n) is 7.35. The fourth-order valence-electron chi connectivity index (χ4n) is 2.13. The smallest absolute Gasteiger partial charge is 0.270 e. The molecule has 0 aromatic heterocycles. The topological polar surface area (TPSA) is 72.2 Å². The Morgan fingerprint density at radius 2 is 1.91 bits per heavy atom. The molecule has 2 aromatic rings. The minimum atomic E-state index is -0.798. The van der Waals surface area contributed by atoms with Crippen LogP contribution in [0.5, 0.6) is 0 Å². The molecule has 0 saturated heterocycles. The maximum atomic E-state index is 13.7. The number of aryl methyl sites for hydroxylation is 1. The molecule has 6 heteroatoms. The molecule has 2 rings (SSSR count). The van der Waals surface area contributed by atoms with Gasteiger partial charge in [-0.3, -0.25) is 14.9 Å². The van der Waals surface area contributed by atoms with E-state index in [0.29, 0.717) is 5.69 Å². The van der Waals surface area contributed by atoms with E-state index in [1.165, 1.54) is 0 Å². The number of hydrogen-bond donors (Lipinski definition) is 1. The van der Waals surface area contributed by atoms with Crippen molar-refractivity contribution in [2.24, 2.45) is 0 Å². The first-order chi connectivity index (χ1) is 11.0. The third-order valence-electron chi connectivity index (χ3n) is 3.44. The van der Waals surface area contributed by atoms with Gasteiger partial charge in [0.05, 0.1) is 10.5 Å². The summed E-state index contributed by atoms with van der Waals surface area (Å²) in [5.74, 6) is -1.51. The largest absolute Gasteiger partial charge is 0.322 e. The van der Waals surface area contributed by atoms with E-state index in [0.717, 1.165) is 43.0 Å². The number of carbonyl (C=O) groups is 1. The lowest BCUT2D eigenvalue weighted by Gasteiger charge is -2.07. The van der Waals surface area contributed by atoms with Gasteiger partial charge in [-0.05, 0) is 36.6 Å². The van der Waals surface area contributed by atoms with Crippen molar-refractivity contribution in [2.75, 3.05) is 5.32 Å². The van der Waals surface area contributed by atoms with Crippen molar-refractivity contribution in [2.45, 2.75) is 26.2 Å². The summed E-state index contributed by atoms with van der Waals surface area (Å²) in [6, 6.07) is 10.1. The third kappa shape index (κ3) is 4.35. The monoisotopic (exact) mass is 316 g/mol. The van der Waals surface area contributed by atoms with E-state index < -0.39 is 16.6 Å². The molecule has 23 heavy (non-hydrogen) atoms. The van der Waals surface area contributed by atoms with Crippen molar-refractivity contribution in [1.82, 2.24) is 0 Å². The molecule has 1 amide bonds. The minimum Gasteiger partial charge on any atom is -0.322 e. The quantitative estimate of drug-likeness (QED) is 0.637. The zero-order valence-corrected chi connectivity index (χ0v) is 12.7. The number of non-ortho nitro benzene ring substituents is 1. The predicted octanol–water partition coefficient (Wildman–Crippen LogP) is 4.33. The molecule has 2 aromatic carbocycles. The Kier molecular flexibility index (Phi) is 5.41. The van der Waals surface area contributed by atoms with Gasteiger partial charge in [-0.25, -0.2) is 4.39 Å². The van der Waals surface area contributed by atoms with Crippen LogP contribution in [-0.4, -0.2) is 10.8 Å². The Morgan fingerprint density at radius 1 is 1.22 bits per heavy atom. The number of unbranched alkanes of at least 4 members (excludes halogenated alkanes) is 1. The van der Waals surface area contributed by atoms with E-state index >= 15 is 0 Å². The predicted molar refractivity (Wildman–Crippen MR) is 86.1 cm³/mol. The standard InChI is InChI=1S/C17H17FN2O3/c1-2-3-4-12-5-7-13(8-6-12)19-17(21)15-11-14(20(22)23)9-10-16(15)18/h5-11H,2-4H2,1H3,(H,19,21). The Hall–Kier alpha value is -2.76. The highest BCUT2D eigenvalue weighted by atomic mass is 19.1. The number of nitro groups is 1. The maximum Gasteiger partial charge on any atom is 0.270 e. The van der Waals surface area contributed by atoms with E-state index in [1.807, 2.05) is 12.1 Å². The lowest BCUT2D eigenvalue weighted by molar-refractivity contribution is -0.384. The first-order valence-corrected chi connectivity index (χ1v) is 7.35. The van der Waals surface area contributed by atoms with Crippen molar-refractivity contribution in [3.05, 3.63) is 69.5 Å². The average molecular weight is 316 g/mol. The molecule has 0 aliphatic rings. The first kappa shape index (κ1) is 16.6. The number of nitrogens with zero attached hydrogens (tertiary/aromatic N) is 1. The van der Waals surface area contributed by atoms with Gasteiger partial charge in [0.1, 0.15) is 5.82 Å². The van der Waals surface area contributed by atoms with Crippen LogP contribution in [0.4, 0.5) is 15.8 Å². The molecular formula is C17H17FN2O3. The molecule has 1 N–H and O–H groups in total. The average Bonchev–Trinajstić information content (AvgIpc) is 2.54. The number of anilines is 1. The highest BCUT2D eigenvalue weighted by molar-refractivity contribution is 6.04.